The number of benzene rings is 1. The third-order valence-electron chi connectivity index (χ3n) is 3.43. The molecule has 0 aliphatic carbocycles. The largest absolute Gasteiger partial charge is 0.469 e. The Balaban J connectivity index is 2.27. The first-order valence-electron chi connectivity index (χ1n) is 5.98. The van der Waals surface area contributed by atoms with E-state index in [4.69, 9.17) is 10.00 Å². The second-order valence-electron chi connectivity index (χ2n) is 4.50. The van der Waals surface area contributed by atoms with Crippen molar-refractivity contribution < 1.29 is 14.3 Å². The van der Waals surface area contributed by atoms with Crippen molar-refractivity contribution in [2.75, 3.05) is 12.0 Å². The van der Waals surface area contributed by atoms with Crippen LogP contribution in [0.2, 0.25) is 0 Å². The maximum absolute atomic E-state index is 12.0. The molecule has 0 aromatic heterocycles. The minimum absolute atomic E-state index is 0.104. The smallest absolute Gasteiger partial charge is 0.311 e. The van der Waals surface area contributed by atoms with Gasteiger partial charge in [0.2, 0.25) is 5.91 Å². The summed E-state index contributed by atoms with van der Waals surface area (Å²) in [5.74, 6) is -0.905. The fourth-order valence-electron chi connectivity index (χ4n) is 2.37. The highest BCUT2D eigenvalue weighted by Gasteiger charge is 2.42. The van der Waals surface area contributed by atoms with E-state index >= 15 is 0 Å². The average molecular weight is 258 g/mol. The van der Waals surface area contributed by atoms with E-state index in [1.54, 1.807) is 29.2 Å². The molecule has 1 amide bonds. The summed E-state index contributed by atoms with van der Waals surface area (Å²) in [5, 5.41) is 8.75. The lowest BCUT2D eigenvalue weighted by molar-refractivity contribution is -0.146. The maximum Gasteiger partial charge on any atom is 0.311 e. The third kappa shape index (κ3) is 2.29. The molecule has 1 heterocycles. The average Bonchev–Trinajstić information content (AvgIpc) is 2.73. The summed E-state index contributed by atoms with van der Waals surface area (Å²) in [6, 6.07) is 8.52. The Morgan fingerprint density at radius 2 is 2.05 bits per heavy atom. The van der Waals surface area contributed by atoms with Crippen LogP contribution in [0.5, 0.6) is 0 Å². The summed E-state index contributed by atoms with van der Waals surface area (Å²) in [6.07, 6.45) is 0.161. The lowest BCUT2D eigenvalue weighted by Crippen LogP contribution is -2.35. The van der Waals surface area contributed by atoms with Gasteiger partial charge in [-0.05, 0) is 31.2 Å². The summed E-state index contributed by atoms with van der Waals surface area (Å²) in [4.78, 5) is 25.2. The second-order valence-corrected chi connectivity index (χ2v) is 4.50. The zero-order valence-electron chi connectivity index (χ0n) is 10.8. The molecule has 0 spiro atoms. The van der Waals surface area contributed by atoms with Gasteiger partial charge >= 0.3 is 5.97 Å². The first-order valence-corrected chi connectivity index (χ1v) is 5.98. The highest BCUT2D eigenvalue weighted by atomic mass is 16.5. The van der Waals surface area contributed by atoms with Gasteiger partial charge < -0.3 is 9.64 Å². The number of carbonyl (C=O) groups excluding carboxylic acids is 2. The molecule has 2 rings (SSSR count). The highest BCUT2D eigenvalue weighted by molar-refractivity contribution is 6.00. The van der Waals surface area contributed by atoms with Crippen LogP contribution in [0, 0.1) is 17.2 Å². The summed E-state index contributed by atoms with van der Waals surface area (Å²) in [6.45, 7) is 1.82. The number of nitrogens with zero attached hydrogens (tertiary/aromatic N) is 2. The molecule has 5 nitrogen and oxygen atoms in total. The van der Waals surface area contributed by atoms with Crippen molar-refractivity contribution in [3.63, 3.8) is 0 Å². The van der Waals surface area contributed by atoms with Crippen LogP contribution in [0.25, 0.3) is 0 Å². The molecule has 1 aliphatic rings. The molecular formula is C14H14N2O3. The van der Waals surface area contributed by atoms with Crippen molar-refractivity contribution >= 4 is 17.6 Å². The van der Waals surface area contributed by atoms with Crippen molar-refractivity contribution in [2.24, 2.45) is 5.92 Å². The molecule has 0 N–H and O–H groups in total. The monoisotopic (exact) mass is 258 g/mol. The minimum Gasteiger partial charge on any atom is -0.469 e. The van der Waals surface area contributed by atoms with E-state index < -0.39 is 5.92 Å². The fraction of sp³-hybridized carbons (Fsp3) is 0.357. The number of hydrogen-bond acceptors (Lipinski definition) is 4. The summed E-state index contributed by atoms with van der Waals surface area (Å²) in [7, 11) is 1.32. The number of ether oxygens (including phenoxy) is 1. The standard InChI is InChI=1S/C14H14N2O3/c1-9-12(14(18)19-2)7-13(17)16(9)11-5-3-10(8-15)4-6-11/h3-6,9,12H,7H2,1-2H3. The van der Waals surface area contributed by atoms with E-state index in [9.17, 15) is 9.59 Å². The zero-order chi connectivity index (χ0) is 14.0. The summed E-state index contributed by atoms with van der Waals surface area (Å²) in [5.41, 5.74) is 1.23. The molecule has 0 bridgehead atoms. The van der Waals surface area contributed by atoms with Crippen LogP contribution < -0.4 is 4.90 Å². The Labute approximate surface area is 111 Å². The van der Waals surface area contributed by atoms with Gasteiger partial charge in [0.15, 0.2) is 0 Å². The van der Waals surface area contributed by atoms with Crippen molar-refractivity contribution in [3.8, 4) is 6.07 Å². The van der Waals surface area contributed by atoms with Gasteiger partial charge in [-0.3, -0.25) is 9.59 Å². The van der Waals surface area contributed by atoms with E-state index in [2.05, 4.69) is 0 Å². The number of esters is 1. The van der Waals surface area contributed by atoms with E-state index in [-0.39, 0.29) is 24.3 Å². The molecule has 1 fully saturated rings. The van der Waals surface area contributed by atoms with Crippen LogP contribution in [0.1, 0.15) is 18.9 Å². The lowest BCUT2D eigenvalue weighted by Gasteiger charge is -2.23. The molecule has 19 heavy (non-hydrogen) atoms. The van der Waals surface area contributed by atoms with Gasteiger partial charge in [0.1, 0.15) is 0 Å². The predicted octanol–water partition coefficient (Wildman–Crippen LogP) is 1.47. The fourth-order valence-corrected chi connectivity index (χ4v) is 2.37. The molecule has 0 saturated carbocycles. The van der Waals surface area contributed by atoms with Gasteiger partial charge in [0.05, 0.1) is 24.7 Å². The second kappa shape index (κ2) is 5.11. The van der Waals surface area contributed by atoms with Gasteiger partial charge in [-0.2, -0.15) is 5.26 Å². The Bertz CT molecular complexity index is 545. The molecule has 98 valence electrons. The Morgan fingerprint density at radius 3 is 2.58 bits per heavy atom. The van der Waals surface area contributed by atoms with Crippen LogP contribution in [0.3, 0.4) is 0 Å². The van der Waals surface area contributed by atoms with Gasteiger partial charge in [0, 0.05) is 18.2 Å². The molecular weight excluding hydrogens is 244 g/mol. The van der Waals surface area contributed by atoms with Crippen molar-refractivity contribution in [1.29, 1.82) is 5.26 Å². The summed E-state index contributed by atoms with van der Waals surface area (Å²) < 4.78 is 4.71. The van der Waals surface area contributed by atoms with Crippen LogP contribution in [0.15, 0.2) is 24.3 Å². The first-order chi connectivity index (χ1) is 9.08. The molecule has 1 aliphatic heterocycles. The van der Waals surface area contributed by atoms with Crippen molar-refractivity contribution in [2.45, 2.75) is 19.4 Å². The van der Waals surface area contributed by atoms with Crippen LogP contribution in [0.4, 0.5) is 5.69 Å². The molecule has 2 unspecified atom stereocenters. The predicted molar refractivity (Wildman–Crippen MR) is 68.2 cm³/mol. The van der Waals surface area contributed by atoms with Crippen LogP contribution in [-0.2, 0) is 14.3 Å². The molecule has 1 saturated heterocycles. The Hall–Kier alpha value is -2.35. The topological polar surface area (TPSA) is 70.4 Å². The lowest BCUT2D eigenvalue weighted by atomic mass is 10.0. The van der Waals surface area contributed by atoms with Gasteiger partial charge in [-0.25, -0.2) is 0 Å². The molecule has 1 aromatic rings. The number of anilines is 1. The van der Waals surface area contributed by atoms with Crippen molar-refractivity contribution in [3.05, 3.63) is 29.8 Å². The van der Waals surface area contributed by atoms with Gasteiger partial charge in [-0.15, -0.1) is 0 Å². The number of nitriles is 1. The normalized spacial score (nSPS) is 22.2. The first kappa shape index (κ1) is 13.1. The van der Waals surface area contributed by atoms with E-state index in [0.29, 0.717) is 11.3 Å². The maximum atomic E-state index is 12.0. The molecule has 0 radical (unpaired) electrons. The van der Waals surface area contributed by atoms with Crippen LogP contribution in [-0.4, -0.2) is 25.0 Å². The minimum atomic E-state index is -0.437. The van der Waals surface area contributed by atoms with Gasteiger partial charge in [-0.1, -0.05) is 0 Å². The number of amides is 1. The van der Waals surface area contributed by atoms with E-state index in [1.807, 2.05) is 13.0 Å². The summed E-state index contributed by atoms with van der Waals surface area (Å²) >= 11 is 0. The Morgan fingerprint density at radius 1 is 1.42 bits per heavy atom. The highest BCUT2D eigenvalue weighted by Crippen LogP contribution is 2.31. The number of hydrogen-bond donors (Lipinski definition) is 0. The number of rotatable bonds is 2. The SMILES string of the molecule is COC(=O)C1CC(=O)N(c2ccc(C#N)cc2)C1C. The van der Waals surface area contributed by atoms with Gasteiger partial charge in [0.25, 0.3) is 0 Å². The Kier molecular flexibility index (Phi) is 3.52. The molecule has 5 heteroatoms. The van der Waals surface area contributed by atoms with E-state index in [1.165, 1.54) is 7.11 Å². The molecule has 2 atom stereocenters. The number of methoxy groups -OCH3 is 1. The zero-order valence-corrected chi connectivity index (χ0v) is 10.8. The van der Waals surface area contributed by atoms with E-state index in [0.717, 1.165) is 0 Å². The third-order valence-corrected chi connectivity index (χ3v) is 3.43. The number of carbonyl (C=O) groups is 2. The molecule has 1 aromatic carbocycles. The van der Waals surface area contributed by atoms with Crippen molar-refractivity contribution in [1.82, 2.24) is 0 Å². The quantitative estimate of drug-likeness (QED) is 0.753. The van der Waals surface area contributed by atoms with Crippen LogP contribution >= 0.6 is 0 Å².